The summed E-state index contributed by atoms with van der Waals surface area (Å²) in [5.74, 6) is 1.89. The van der Waals surface area contributed by atoms with Gasteiger partial charge >= 0.3 is 0 Å². The van der Waals surface area contributed by atoms with Crippen LogP contribution in [0.4, 0.5) is 5.82 Å². The topological polar surface area (TPSA) is 64.3 Å². The van der Waals surface area contributed by atoms with Crippen LogP contribution >= 0.6 is 11.5 Å². The molecule has 1 unspecified atom stereocenters. The van der Waals surface area contributed by atoms with Crippen molar-refractivity contribution in [3.63, 3.8) is 0 Å². The van der Waals surface area contributed by atoms with Gasteiger partial charge in [-0.2, -0.15) is 4.37 Å². The summed E-state index contributed by atoms with van der Waals surface area (Å²) in [6, 6.07) is 2.03. The number of hydrogen-bond donors (Lipinski definition) is 0. The molecule has 0 saturated carbocycles. The molecule has 0 aliphatic carbocycles. The van der Waals surface area contributed by atoms with Gasteiger partial charge in [-0.15, -0.1) is 0 Å². The van der Waals surface area contributed by atoms with Gasteiger partial charge in [0.25, 0.3) is 0 Å². The molecule has 4 rings (SSSR count). The number of fused-ring (bicyclic) bond motifs is 1. The lowest BCUT2D eigenvalue weighted by atomic mass is 10.2. The van der Waals surface area contributed by atoms with Gasteiger partial charge in [0.15, 0.2) is 0 Å². The zero-order chi connectivity index (χ0) is 15.8. The summed E-state index contributed by atoms with van der Waals surface area (Å²) in [7, 11) is 0. The number of aryl methyl sites for hydroxylation is 2. The van der Waals surface area contributed by atoms with Gasteiger partial charge in [-0.3, -0.25) is 4.98 Å². The van der Waals surface area contributed by atoms with Crippen LogP contribution in [0.1, 0.15) is 23.4 Å². The molecule has 3 aromatic rings. The Kier molecular flexibility index (Phi) is 3.74. The van der Waals surface area contributed by atoms with Crippen LogP contribution in [0.25, 0.3) is 10.1 Å². The van der Waals surface area contributed by atoms with Crippen molar-refractivity contribution in [2.24, 2.45) is 0 Å². The van der Waals surface area contributed by atoms with E-state index in [1.807, 2.05) is 32.3 Å². The average molecular weight is 330 g/mol. The van der Waals surface area contributed by atoms with Crippen molar-refractivity contribution in [3.05, 3.63) is 35.5 Å². The Balaban J connectivity index is 1.43. The molecule has 7 heteroatoms. The fourth-order valence-corrected chi connectivity index (χ4v) is 3.74. The Morgan fingerprint density at radius 3 is 3.17 bits per heavy atom. The van der Waals surface area contributed by atoms with Crippen LogP contribution in [0.5, 0.6) is 0 Å². The lowest BCUT2D eigenvalue weighted by Gasteiger charge is -2.16. The molecule has 4 heterocycles. The first-order valence-electron chi connectivity index (χ1n) is 7.70. The van der Waals surface area contributed by atoms with Gasteiger partial charge in [-0.1, -0.05) is 5.16 Å². The van der Waals surface area contributed by atoms with Gasteiger partial charge in [0.05, 0.1) is 23.1 Å². The van der Waals surface area contributed by atoms with Gasteiger partial charge in [-0.25, -0.2) is 0 Å². The molecule has 23 heavy (non-hydrogen) atoms. The molecular formula is C16H18N4O2S. The minimum atomic E-state index is 0.210. The average Bonchev–Trinajstić information content (AvgIpc) is 3.25. The number of aromatic nitrogens is 3. The third kappa shape index (κ3) is 2.70. The molecule has 0 aromatic carbocycles. The van der Waals surface area contributed by atoms with Crippen LogP contribution in [0.2, 0.25) is 0 Å². The fourth-order valence-electron chi connectivity index (χ4n) is 2.97. The number of ether oxygens (including phenoxy) is 1. The van der Waals surface area contributed by atoms with Gasteiger partial charge in [0.2, 0.25) is 0 Å². The number of pyridine rings is 1. The van der Waals surface area contributed by atoms with Crippen molar-refractivity contribution >= 4 is 27.4 Å². The molecule has 6 nitrogen and oxygen atoms in total. The maximum absolute atomic E-state index is 6.07. The minimum absolute atomic E-state index is 0.210. The van der Waals surface area contributed by atoms with Crippen molar-refractivity contribution in [1.82, 2.24) is 14.5 Å². The Bertz CT molecular complexity index is 809. The highest BCUT2D eigenvalue weighted by atomic mass is 32.1. The minimum Gasteiger partial charge on any atom is -0.371 e. The van der Waals surface area contributed by atoms with Crippen molar-refractivity contribution < 1.29 is 9.26 Å². The first kappa shape index (κ1) is 14.6. The molecule has 3 aromatic heterocycles. The Morgan fingerprint density at radius 1 is 1.43 bits per heavy atom. The Hall–Kier alpha value is -1.99. The molecule has 1 aliphatic rings. The van der Waals surface area contributed by atoms with E-state index in [2.05, 4.69) is 19.4 Å². The Morgan fingerprint density at radius 2 is 2.35 bits per heavy atom. The van der Waals surface area contributed by atoms with E-state index in [1.165, 1.54) is 16.9 Å². The molecule has 1 saturated heterocycles. The highest BCUT2D eigenvalue weighted by Gasteiger charge is 2.26. The molecule has 120 valence electrons. The van der Waals surface area contributed by atoms with E-state index >= 15 is 0 Å². The van der Waals surface area contributed by atoms with Crippen molar-refractivity contribution in [1.29, 1.82) is 0 Å². The zero-order valence-electron chi connectivity index (χ0n) is 13.2. The van der Waals surface area contributed by atoms with Crippen LogP contribution in [0.15, 0.2) is 23.0 Å². The molecule has 0 bridgehead atoms. The molecule has 1 aliphatic heterocycles. The van der Waals surface area contributed by atoms with E-state index in [0.717, 1.165) is 47.0 Å². The van der Waals surface area contributed by atoms with Crippen LogP contribution < -0.4 is 4.90 Å². The quantitative estimate of drug-likeness (QED) is 0.732. The first-order chi connectivity index (χ1) is 11.2. The van der Waals surface area contributed by atoms with Crippen LogP contribution in [-0.2, 0) is 11.3 Å². The van der Waals surface area contributed by atoms with E-state index in [4.69, 9.17) is 9.26 Å². The standard InChI is InChI=1S/C16H18N4O2S/c1-10-14(11(2)22-18-10)9-21-12-4-6-20(8-12)16-13-3-5-17-7-15(13)23-19-16/h3,5,7,12H,4,6,8-9H2,1-2H3. The van der Waals surface area contributed by atoms with E-state index in [-0.39, 0.29) is 6.10 Å². The third-order valence-corrected chi connectivity index (χ3v) is 5.13. The van der Waals surface area contributed by atoms with Gasteiger partial charge in [-0.05, 0) is 37.9 Å². The molecular weight excluding hydrogens is 312 g/mol. The lowest BCUT2D eigenvalue weighted by Crippen LogP contribution is -2.23. The molecule has 1 fully saturated rings. The van der Waals surface area contributed by atoms with E-state index in [0.29, 0.717) is 6.61 Å². The number of rotatable bonds is 4. The normalized spacial score (nSPS) is 18.2. The second kappa shape index (κ2) is 5.90. The van der Waals surface area contributed by atoms with Crippen molar-refractivity contribution in [3.8, 4) is 0 Å². The summed E-state index contributed by atoms with van der Waals surface area (Å²) < 4.78 is 17.0. The van der Waals surface area contributed by atoms with Crippen LogP contribution in [-0.4, -0.2) is 33.7 Å². The second-order valence-corrected chi connectivity index (χ2v) is 6.65. The highest BCUT2D eigenvalue weighted by molar-refractivity contribution is 7.13. The van der Waals surface area contributed by atoms with Crippen molar-refractivity contribution in [2.75, 3.05) is 18.0 Å². The van der Waals surface area contributed by atoms with E-state index in [1.54, 1.807) is 0 Å². The SMILES string of the molecule is Cc1noc(C)c1COC1CCN(c2nsc3cnccc23)C1. The van der Waals surface area contributed by atoms with Gasteiger partial charge in [0, 0.05) is 36.4 Å². The number of nitrogens with zero attached hydrogens (tertiary/aromatic N) is 4. The van der Waals surface area contributed by atoms with Crippen LogP contribution in [0, 0.1) is 13.8 Å². The number of anilines is 1. The largest absolute Gasteiger partial charge is 0.371 e. The van der Waals surface area contributed by atoms with E-state index < -0.39 is 0 Å². The summed E-state index contributed by atoms with van der Waals surface area (Å²) >= 11 is 1.50. The predicted molar refractivity (Wildman–Crippen MR) is 88.8 cm³/mol. The summed E-state index contributed by atoms with van der Waals surface area (Å²) in [5.41, 5.74) is 1.98. The number of hydrogen-bond acceptors (Lipinski definition) is 7. The summed E-state index contributed by atoms with van der Waals surface area (Å²) in [4.78, 5) is 6.46. The maximum Gasteiger partial charge on any atom is 0.150 e. The van der Waals surface area contributed by atoms with Gasteiger partial charge in [0.1, 0.15) is 11.6 Å². The molecule has 1 atom stereocenters. The molecule has 0 amide bonds. The summed E-state index contributed by atoms with van der Waals surface area (Å²) in [5, 5.41) is 5.15. The Labute approximate surface area is 138 Å². The van der Waals surface area contributed by atoms with Crippen molar-refractivity contribution in [2.45, 2.75) is 33.0 Å². The predicted octanol–water partition coefficient (Wildman–Crippen LogP) is 3.09. The molecule has 0 N–H and O–H groups in total. The second-order valence-electron chi connectivity index (χ2n) is 5.85. The maximum atomic E-state index is 6.07. The van der Waals surface area contributed by atoms with Crippen LogP contribution in [0.3, 0.4) is 0 Å². The zero-order valence-corrected chi connectivity index (χ0v) is 14.0. The lowest BCUT2D eigenvalue weighted by molar-refractivity contribution is 0.0544. The third-order valence-electron chi connectivity index (χ3n) is 4.35. The molecule has 0 spiro atoms. The first-order valence-corrected chi connectivity index (χ1v) is 8.47. The van der Waals surface area contributed by atoms with Gasteiger partial charge < -0.3 is 14.2 Å². The smallest absolute Gasteiger partial charge is 0.150 e. The fraction of sp³-hybridized carbons (Fsp3) is 0.438. The summed E-state index contributed by atoms with van der Waals surface area (Å²) in [6.07, 6.45) is 4.91. The van der Waals surface area contributed by atoms with E-state index in [9.17, 15) is 0 Å². The molecule has 0 radical (unpaired) electrons. The summed E-state index contributed by atoms with van der Waals surface area (Å²) in [6.45, 7) is 6.26. The monoisotopic (exact) mass is 330 g/mol. The highest BCUT2D eigenvalue weighted by Crippen LogP contribution is 2.31.